The number of carbonyl (C=O) groups excluding carboxylic acids is 1. The number of urea groups is 1. The van der Waals surface area contributed by atoms with Crippen LogP contribution in [0.4, 0.5) is 4.79 Å². The molecular weight excluding hydrogens is 264 g/mol. The number of aryl methyl sites for hydroxylation is 2. The summed E-state index contributed by atoms with van der Waals surface area (Å²) in [4.78, 5) is 18.5. The summed E-state index contributed by atoms with van der Waals surface area (Å²) in [5.41, 5.74) is 9.56. The van der Waals surface area contributed by atoms with Crippen LogP contribution >= 0.6 is 0 Å². The Bertz CT molecular complexity index is 559. The van der Waals surface area contributed by atoms with Gasteiger partial charge in [-0.25, -0.2) is 4.79 Å². The van der Waals surface area contributed by atoms with E-state index in [-0.39, 0.29) is 11.6 Å². The lowest BCUT2D eigenvalue weighted by Gasteiger charge is -2.39. The van der Waals surface area contributed by atoms with Crippen LogP contribution in [0.1, 0.15) is 29.7 Å². The van der Waals surface area contributed by atoms with E-state index < -0.39 is 0 Å². The van der Waals surface area contributed by atoms with Crippen molar-refractivity contribution in [3.8, 4) is 0 Å². The monoisotopic (exact) mass is 288 g/mol. The van der Waals surface area contributed by atoms with Crippen molar-refractivity contribution in [2.24, 2.45) is 11.7 Å². The van der Waals surface area contributed by atoms with Crippen LogP contribution in [0.2, 0.25) is 0 Å². The number of nitrogens with two attached hydrogens (primary N) is 1. The predicted octanol–water partition coefficient (Wildman–Crippen LogP) is 1.37. The number of hydrogen-bond donors (Lipinski definition) is 2. The molecule has 21 heavy (non-hydrogen) atoms. The summed E-state index contributed by atoms with van der Waals surface area (Å²) in [6, 6.07) is 2.14. The van der Waals surface area contributed by atoms with Crippen LogP contribution in [-0.2, 0) is 6.42 Å². The molecule has 1 aliphatic carbocycles. The number of fused-ring (bicyclic) bond motifs is 1. The first kappa shape index (κ1) is 14.3. The fourth-order valence-corrected chi connectivity index (χ4v) is 3.45. The highest BCUT2D eigenvalue weighted by atomic mass is 16.2. The molecule has 2 amide bonds. The quantitative estimate of drug-likeness (QED) is 0.882. The maximum atomic E-state index is 12.2. The smallest absolute Gasteiger partial charge is 0.317 e. The highest BCUT2D eigenvalue weighted by molar-refractivity contribution is 5.74. The average molecular weight is 288 g/mol. The number of nitrogens with zero attached hydrogens (tertiary/aromatic N) is 2. The van der Waals surface area contributed by atoms with Crippen molar-refractivity contribution in [3.05, 3.63) is 29.1 Å². The molecule has 0 unspecified atom stereocenters. The zero-order valence-corrected chi connectivity index (χ0v) is 12.9. The van der Waals surface area contributed by atoms with Crippen molar-refractivity contribution in [1.29, 1.82) is 0 Å². The highest BCUT2D eigenvalue weighted by Gasteiger charge is 2.51. The summed E-state index contributed by atoms with van der Waals surface area (Å²) in [6.45, 7) is 6.23. The Hall–Kier alpha value is -1.62. The van der Waals surface area contributed by atoms with Gasteiger partial charge in [0.2, 0.25) is 0 Å². The second-order valence-corrected chi connectivity index (χ2v) is 6.61. The topological polar surface area (TPSA) is 71.2 Å². The zero-order valence-electron chi connectivity index (χ0n) is 12.9. The average Bonchev–Trinajstić information content (AvgIpc) is 2.65. The van der Waals surface area contributed by atoms with Gasteiger partial charge in [-0.05, 0) is 43.7 Å². The summed E-state index contributed by atoms with van der Waals surface area (Å²) in [5, 5.41) is 2.99. The molecule has 0 bridgehead atoms. The van der Waals surface area contributed by atoms with Crippen molar-refractivity contribution in [1.82, 2.24) is 15.2 Å². The Labute approximate surface area is 125 Å². The molecule has 3 rings (SSSR count). The van der Waals surface area contributed by atoms with Gasteiger partial charge in [0, 0.05) is 43.5 Å². The van der Waals surface area contributed by atoms with Crippen molar-refractivity contribution in [2.75, 3.05) is 19.6 Å². The highest BCUT2D eigenvalue weighted by Crippen LogP contribution is 2.42. The first-order valence-electron chi connectivity index (χ1n) is 7.72. The normalized spacial score (nSPS) is 27.2. The molecular formula is C16H24N4O. The number of pyridine rings is 1. The van der Waals surface area contributed by atoms with Gasteiger partial charge < -0.3 is 16.0 Å². The Morgan fingerprint density at radius 2 is 2.38 bits per heavy atom. The van der Waals surface area contributed by atoms with Gasteiger partial charge in [-0.1, -0.05) is 6.07 Å². The third-order valence-corrected chi connectivity index (χ3v) is 4.95. The first-order chi connectivity index (χ1) is 9.98. The number of carbonyl (C=O) groups is 1. The summed E-state index contributed by atoms with van der Waals surface area (Å²) in [6.07, 6.45) is 4.85. The van der Waals surface area contributed by atoms with E-state index in [1.54, 1.807) is 0 Å². The van der Waals surface area contributed by atoms with Crippen LogP contribution in [0.5, 0.6) is 0 Å². The maximum absolute atomic E-state index is 12.2. The van der Waals surface area contributed by atoms with Crippen LogP contribution in [0, 0.1) is 19.8 Å². The summed E-state index contributed by atoms with van der Waals surface area (Å²) >= 11 is 0. The van der Waals surface area contributed by atoms with Gasteiger partial charge in [0.15, 0.2) is 0 Å². The lowest BCUT2D eigenvalue weighted by molar-refractivity contribution is 0.187. The third-order valence-electron chi connectivity index (χ3n) is 4.95. The van der Waals surface area contributed by atoms with Crippen molar-refractivity contribution in [2.45, 2.75) is 38.6 Å². The molecule has 0 aromatic carbocycles. The van der Waals surface area contributed by atoms with Gasteiger partial charge >= 0.3 is 6.03 Å². The predicted molar refractivity (Wildman–Crippen MR) is 82.0 cm³/mol. The lowest BCUT2D eigenvalue weighted by atomic mass is 9.70. The van der Waals surface area contributed by atoms with Gasteiger partial charge in [0.05, 0.1) is 0 Å². The van der Waals surface area contributed by atoms with Gasteiger partial charge in [-0.3, -0.25) is 4.98 Å². The van der Waals surface area contributed by atoms with E-state index in [4.69, 9.17) is 5.73 Å². The lowest BCUT2D eigenvalue weighted by Crippen LogP contribution is -2.55. The van der Waals surface area contributed by atoms with Crippen LogP contribution in [0.15, 0.2) is 12.3 Å². The van der Waals surface area contributed by atoms with E-state index in [0.717, 1.165) is 31.5 Å². The summed E-state index contributed by atoms with van der Waals surface area (Å²) in [7, 11) is 0. The minimum absolute atomic E-state index is 0.0130. The maximum Gasteiger partial charge on any atom is 0.317 e. The molecule has 114 valence electrons. The van der Waals surface area contributed by atoms with E-state index >= 15 is 0 Å². The second-order valence-electron chi connectivity index (χ2n) is 6.61. The van der Waals surface area contributed by atoms with Crippen molar-refractivity contribution in [3.63, 3.8) is 0 Å². The van der Waals surface area contributed by atoms with Gasteiger partial charge in [-0.15, -0.1) is 0 Å². The molecule has 2 fully saturated rings. The minimum atomic E-state index is -0.105. The van der Waals surface area contributed by atoms with Crippen molar-refractivity contribution >= 4 is 6.03 Å². The number of rotatable bonds is 3. The fourth-order valence-electron chi connectivity index (χ4n) is 3.45. The van der Waals surface area contributed by atoms with Gasteiger partial charge in [0.1, 0.15) is 0 Å². The van der Waals surface area contributed by atoms with E-state index in [1.165, 1.54) is 11.1 Å². The van der Waals surface area contributed by atoms with Crippen LogP contribution in [-0.4, -0.2) is 41.1 Å². The molecule has 0 radical (unpaired) electrons. The standard InChI is InChI=1S/C16H24N4O/c1-11-7-12(2)14(19-8-11)4-6-18-15(21)20-9-13-3-5-16(13,17)10-20/h7-8,13H,3-6,9-10,17H2,1-2H3,(H,18,21)/t13-,16-/m0/s1. The molecule has 0 spiro atoms. The van der Waals surface area contributed by atoms with E-state index in [1.807, 2.05) is 18.0 Å². The molecule has 1 saturated carbocycles. The Balaban J connectivity index is 1.48. The fraction of sp³-hybridized carbons (Fsp3) is 0.625. The Morgan fingerprint density at radius 3 is 2.95 bits per heavy atom. The molecule has 1 aliphatic heterocycles. The van der Waals surface area contributed by atoms with Gasteiger partial charge in [-0.2, -0.15) is 0 Å². The molecule has 1 aromatic heterocycles. The zero-order chi connectivity index (χ0) is 15.0. The van der Waals surface area contributed by atoms with Crippen LogP contribution < -0.4 is 11.1 Å². The Morgan fingerprint density at radius 1 is 1.57 bits per heavy atom. The van der Waals surface area contributed by atoms with Crippen LogP contribution in [0.25, 0.3) is 0 Å². The minimum Gasteiger partial charge on any atom is -0.338 e. The van der Waals surface area contributed by atoms with Crippen LogP contribution in [0.3, 0.4) is 0 Å². The number of nitrogens with one attached hydrogen (secondary N) is 1. The molecule has 2 heterocycles. The van der Waals surface area contributed by atoms with Crippen molar-refractivity contribution < 1.29 is 4.79 Å². The third kappa shape index (κ3) is 2.75. The van der Waals surface area contributed by atoms with E-state index in [9.17, 15) is 4.79 Å². The molecule has 2 atom stereocenters. The number of likely N-dealkylation sites (tertiary alicyclic amines) is 1. The van der Waals surface area contributed by atoms with Gasteiger partial charge in [0.25, 0.3) is 0 Å². The number of aromatic nitrogens is 1. The number of hydrogen-bond acceptors (Lipinski definition) is 3. The molecule has 1 saturated heterocycles. The summed E-state index contributed by atoms with van der Waals surface area (Å²) in [5.74, 6) is 0.504. The molecule has 1 aromatic rings. The van der Waals surface area contributed by atoms with E-state index in [2.05, 4.69) is 23.3 Å². The molecule has 5 nitrogen and oxygen atoms in total. The molecule has 2 aliphatic rings. The number of amides is 2. The summed E-state index contributed by atoms with van der Waals surface area (Å²) < 4.78 is 0. The second kappa shape index (κ2) is 5.30. The van der Waals surface area contributed by atoms with E-state index in [0.29, 0.717) is 19.0 Å². The Kier molecular flexibility index (Phi) is 3.61. The SMILES string of the molecule is Cc1cnc(CCNC(=O)N2C[C@@H]3CC[C@]3(N)C2)c(C)c1. The first-order valence-corrected chi connectivity index (χ1v) is 7.72. The largest absolute Gasteiger partial charge is 0.338 e. The molecule has 5 heteroatoms. The molecule has 3 N–H and O–H groups in total.